The smallest absolute Gasteiger partial charge is 0.216 e. The van der Waals surface area contributed by atoms with E-state index in [4.69, 9.17) is 0 Å². The Bertz CT molecular complexity index is 322. The van der Waals surface area contributed by atoms with Crippen molar-refractivity contribution in [3.8, 4) is 0 Å². The van der Waals surface area contributed by atoms with Crippen molar-refractivity contribution < 1.29 is 9.59 Å². The van der Waals surface area contributed by atoms with Crippen molar-refractivity contribution in [3.05, 3.63) is 0 Å². The Balaban J connectivity index is 1.78. The third kappa shape index (κ3) is 4.30. The van der Waals surface area contributed by atoms with Gasteiger partial charge in [-0.25, -0.2) is 0 Å². The summed E-state index contributed by atoms with van der Waals surface area (Å²) < 4.78 is 0. The van der Waals surface area contributed by atoms with E-state index in [1.165, 1.54) is 12.8 Å². The normalized spacial score (nSPS) is 27.0. The van der Waals surface area contributed by atoms with E-state index in [9.17, 15) is 9.59 Å². The summed E-state index contributed by atoms with van der Waals surface area (Å²) in [5.74, 6) is 1.10. The SMILES string of the molecule is CC(=O)NCC1CCN(C2CCCCCC2=O)CC1. The van der Waals surface area contributed by atoms with E-state index in [0.717, 1.165) is 51.7 Å². The van der Waals surface area contributed by atoms with Crippen molar-refractivity contribution in [3.63, 3.8) is 0 Å². The molecule has 2 fully saturated rings. The predicted octanol–water partition coefficient (Wildman–Crippen LogP) is 1.74. The van der Waals surface area contributed by atoms with Gasteiger partial charge in [-0.05, 0) is 44.7 Å². The molecular formula is C15H26N2O2. The van der Waals surface area contributed by atoms with Gasteiger partial charge in [0.1, 0.15) is 5.78 Å². The Morgan fingerprint density at radius 1 is 1.21 bits per heavy atom. The van der Waals surface area contributed by atoms with Gasteiger partial charge in [-0.1, -0.05) is 12.8 Å². The molecule has 1 unspecified atom stereocenters. The third-order valence-corrected chi connectivity index (χ3v) is 4.50. The molecule has 0 aromatic heterocycles. The van der Waals surface area contributed by atoms with E-state index in [2.05, 4.69) is 10.2 Å². The number of nitrogens with one attached hydrogen (secondary N) is 1. The first-order valence-corrected chi connectivity index (χ1v) is 7.68. The summed E-state index contributed by atoms with van der Waals surface area (Å²) in [5, 5.41) is 2.90. The van der Waals surface area contributed by atoms with Gasteiger partial charge in [0, 0.05) is 19.9 Å². The van der Waals surface area contributed by atoms with Crippen molar-refractivity contribution in [2.24, 2.45) is 5.92 Å². The fourth-order valence-corrected chi connectivity index (χ4v) is 3.28. The molecule has 0 radical (unpaired) electrons. The Kier molecular flexibility index (Phi) is 5.37. The molecule has 0 bridgehead atoms. The number of hydrogen-bond donors (Lipinski definition) is 1. The van der Waals surface area contributed by atoms with Gasteiger partial charge in [0.15, 0.2) is 0 Å². The van der Waals surface area contributed by atoms with E-state index in [1.54, 1.807) is 6.92 Å². The fourth-order valence-electron chi connectivity index (χ4n) is 3.28. The summed E-state index contributed by atoms with van der Waals surface area (Å²) in [6.45, 7) is 4.39. The fraction of sp³-hybridized carbons (Fsp3) is 0.867. The van der Waals surface area contributed by atoms with Crippen LogP contribution in [0.15, 0.2) is 0 Å². The largest absolute Gasteiger partial charge is 0.356 e. The van der Waals surface area contributed by atoms with Crippen LogP contribution in [0.2, 0.25) is 0 Å². The number of likely N-dealkylation sites (tertiary alicyclic amines) is 1. The molecule has 0 spiro atoms. The molecule has 0 aromatic carbocycles. The van der Waals surface area contributed by atoms with E-state index >= 15 is 0 Å². The number of piperidine rings is 1. The second kappa shape index (κ2) is 7.04. The molecule has 108 valence electrons. The van der Waals surface area contributed by atoms with Crippen LogP contribution in [0, 0.1) is 5.92 Å². The minimum atomic E-state index is 0.0568. The van der Waals surface area contributed by atoms with Crippen LogP contribution in [0.3, 0.4) is 0 Å². The molecule has 1 aliphatic heterocycles. The van der Waals surface area contributed by atoms with Gasteiger partial charge in [-0.15, -0.1) is 0 Å². The number of carbonyl (C=O) groups excluding carboxylic acids is 2. The monoisotopic (exact) mass is 266 g/mol. The summed E-state index contributed by atoms with van der Waals surface area (Å²) >= 11 is 0. The molecule has 1 N–H and O–H groups in total. The highest BCUT2D eigenvalue weighted by Gasteiger charge is 2.30. The Labute approximate surface area is 115 Å². The zero-order chi connectivity index (χ0) is 13.7. The summed E-state index contributed by atoms with van der Waals surface area (Å²) in [4.78, 5) is 25.4. The molecule has 1 saturated heterocycles. The van der Waals surface area contributed by atoms with Gasteiger partial charge >= 0.3 is 0 Å². The quantitative estimate of drug-likeness (QED) is 0.792. The van der Waals surface area contributed by atoms with Crippen LogP contribution in [0.1, 0.15) is 51.9 Å². The molecule has 1 aliphatic carbocycles. The van der Waals surface area contributed by atoms with E-state index in [0.29, 0.717) is 11.7 Å². The second-order valence-electron chi connectivity index (χ2n) is 6.00. The Morgan fingerprint density at radius 2 is 1.95 bits per heavy atom. The molecule has 4 heteroatoms. The summed E-state index contributed by atoms with van der Waals surface area (Å²) in [6.07, 6.45) is 7.51. The van der Waals surface area contributed by atoms with Crippen molar-refractivity contribution in [1.29, 1.82) is 0 Å². The zero-order valence-electron chi connectivity index (χ0n) is 12.0. The molecule has 4 nitrogen and oxygen atoms in total. The van der Waals surface area contributed by atoms with Gasteiger partial charge in [0.05, 0.1) is 6.04 Å². The minimum absolute atomic E-state index is 0.0568. The number of Topliss-reactive ketones (excluding diaryl/α,β-unsaturated/α-hetero) is 1. The van der Waals surface area contributed by atoms with Crippen LogP contribution < -0.4 is 5.32 Å². The summed E-state index contributed by atoms with van der Waals surface area (Å²) in [6, 6.07) is 0.184. The number of ketones is 1. The number of amides is 1. The van der Waals surface area contributed by atoms with Gasteiger partial charge in [0.25, 0.3) is 0 Å². The first-order valence-electron chi connectivity index (χ1n) is 7.68. The van der Waals surface area contributed by atoms with Crippen LogP contribution >= 0.6 is 0 Å². The zero-order valence-corrected chi connectivity index (χ0v) is 12.0. The minimum Gasteiger partial charge on any atom is -0.356 e. The average molecular weight is 266 g/mol. The van der Waals surface area contributed by atoms with Gasteiger partial charge in [0.2, 0.25) is 5.91 Å². The van der Waals surface area contributed by atoms with Crippen LogP contribution in [0.25, 0.3) is 0 Å². The Hall–Kier alpha value is -0.900. The highest BCUT2D eigenvalue weighted by Crippen LogP contribution is 2.24. The van der Waals surface area contributed by atoms with Crippen molar-refractivity contribution >= 4 is 11.7 Å². The second-order valence-corrected chi connectivity index (χ2v) is 6.00. The summed E-state index contributed by atoms with van der Waals surface area (Å²) in [5.41, 5.74) is 0. The lowest BCUT2D eigenvalue weighted by molar-refractivity contribution is -0.124. The lowest BCUT2D eigenvalue weighted by Gasteiger charge is -2.36. The molecule has 2 aliphatic rings. The maximum absolute atomic E-state index is 12.1. The van der Waals surface area contributed by atoms with Crippen molar-refractivity contribution in [2.45, 2.75) is 57.9 Å². The van der Waals surface area contributed by atoms with Gasteiger partial charge in [-0.3, -0.25) is 14.5 Å². The van der Waals surface area contributed by atoms with Crippen LogP contribution in [0.5, 0.6) is 0 Å². The average Bonchev–Trinajstić information content (AvgIpc) is 2.62. The molecule has 2 rings (SSSR count). The Morgan fingerprint density at radius 3 is 2.63 bits per heavy atom. The molecule has 1 heterocycles. The lowest BCUT2D eigenvalue weighted by atomic mass is 9.94. The van der Waals surface area contributed by atoms with Gasteiger partial charge in [-0.2, -0.15) is 0 Å². The van der Waals surface area contributed by atoms with Crippen LogP contribution in [-0.4, -0.2) is 42.3 Å². The number of rotatable bonds is 3. The van der Waals surface area contributed by atoms with Crippen molar-refractivity contribution in [1.82, 2.24) is 10.2 Å². The van der Waals surface area contributed by atoms with Crippen molar-refractivity contribution in [2.75, 3.05) is 19.6 Å². The maximum Gasteiger partial charge on any atom is 0.216 e. The molecule has 1 amide bonds. The van der Waals surface area contributed by atoms with Gasteiger partial charge < -0.3 is 5.32 Å². The molecule has 1 atom stereocenters. The molecular weight excluding hydrogens is 240 g/mol. The van der Waals surface area contributed by atoms with Crippen LogP contribution in [-0.2, 0) is 9.59 Å². The number of nitrogens with zero attached hydrogens (tertiary/aromatic N) is 1. The first kappa shape index (κ1) is 14.5. The predicted molar refractivity (Wildman–Crippen MR) is 74.9 cm³/mol. The highest BCUT2D eigenvalue weighted by atomic mass is 16.1. The number of hydrogen-bond acceptors (Lipinski definition) is 3. The first-order chi connectivity index (χ1) is 9.16. The third-order valence-electron chi connectivity index (χ3n) is 4.50. The van der Waals surface area contributed by atoms with E-state index in [1.807, 2.05) is 0 Å². The lowest BCUT2D eigenvalue weighted by Crippen LogP contribution is -2.46. The molecule has 19 heavy (non-hydrogen) atoms. The van der Waals surface area contributed by atoms with E-state index < -0.39 is 0 Å². The molecule has 1 saturated carbocycles. The topological polar surface area (TPSA) is 49.4 Å². The molecule has 0 aromatic rings. The van der Waals surface area contributed by atoms with E-state index in [-0.39, 0.29) is 11.9 Å². The summed E-state index contributed by atoms with van der Waals surface area (Å²) in [7, 11) is 0. The highest BCUT2D eigenvalue weighted by molar-refractivity contribution is 5.84. The number of carbonyl (C=O) groups is 2. The standard InChI is InChI=1S/C15H26N2O2/c1-12(18)16-11-13-7-9-17(10-8-13)14-5-3-2-4-6-15(14)19/h13-14H,2-11H2,1H3,(H,16,18). The van der Waals surface area contributed by atoms with Crippen LogP contribution in [0.4, 0.5) is 0 Å². The maximum atomic E-state index is 12.1.